The van der Waals surface area contributed by atoms with E-state index in [1.807, 2.05) is 0 Å². The van der Waals surface area contributed by atoms with Gasteiger partial charge in [0.2, 0.25) is 5.91 Å². The summed E-state index contributed by atoms with van der Waals surface area (Å²) in [5.41, 5.74) is -0.688. The fourth-order valence-corrected chi connectivity index (χ4v) is 1.40. The maximum absolute atomic E-state index is 11.5. The molecule has 0 saturated carbocycles. The fraction of sp³-hybridized carbons (Fsp3) is 0.727. The Labute approximate surface area is 105 Å². The number of hydrogen-bond donors (Lipinski definition) is 3. The molecule has 0 aliphatic heterocycles. The standard InChI is InChI=1S/C11H19NO6/c1-11(2,5-9(15)16)4-8(14)12-6-7(13)10(17)18-3/h7,13H,4-6H2,1-3H3,(H,12,14)(H,15,16). The number of ether oxygens (including phenoxy) is 1. The quantitative estimate of drug-likeness (QED) is 0.534. The van der Waals surface area contributed by atoms with Gasteiger partial charge < -0.3 is 20.3 Å². The minimum absolute atomic E-state index is 0.00675. The summed E-state index contributed by atoms with van der Waals surface area (Å²) in [4.78, 5) is 32.9. The van der Waals surface area contributed by atoms with Crippen LogP contribution in [-0.4, -0.2) is 47.8 Å². The third-order valence-corrected chi connectivity index (χ3v) is 2.23. The van der Waals surface area contributed by atoms with Gasteiger partial charge >= 0.3 is 11.9 Å². The molecule has 1 unspecified atom stereocenters. The van der Waals surface area contributed by atoms with Crippen LogP contribution in [0.15, 0.2) is 0 Å². The molecule has 0 saturated heterocycles. The topological polar surface area (TPSA) is 113 Å². The Bertz CT molecular complexity index is 325. The third kappa shape index (κ3) is 6.85. The van der Waals surface area contributed by atoms with Gasteiger partial charge in [-0.05, 0) is 5.41 Å². The van der Waals surface area contributed by atoms with Crippen molar-refractivity contribution in [3.05, 3.63) is 0 Å². The van der Waals surface area contributed by atoms with Crippen LogP contribution in [0.3, 0.4) is 0 Å². The Hall–Kier alpha value is -1.63. The molecule has 0 aromatic rings. The summed E-state index contributed by atoms with van der Waals surface area (Å²) >= 11 is 0. The maximum atomic E-state index is 11.5. The number of aliphatic carboxylic acids is 1. The molecule has 7 nitrogen and oxygen atoms in total. The Balaban J connectivity index is 4.12. The second kappa shape index (κ2) is 6.95. The second-order valence-corrected chi connectivity index (χ2v) is 4.75. The van der Waals surface area contributed by atoms with Gasteiger partial charge in [0.1, 0.15) is 0 Å². The number of aliphatic hydroxyl groups excluding tert-OH is 1. The van der Waals surface area contributed by atoms with E-state index in [9.17, 15) is 19.5 Å². The fourth-order valence-electron chi connectivity index (χ4n) is 1.40. The average Bonchev–Trinajstić information content (AvgIpc) is 2.21. The van der Waals surface area contributed by atoms with Crippen molar-refractivity contribution in [3.8, 4) is 0 Å². The van der Waals surface area contributed by atoms with E-state index in [0.717, 1.165) is 7.11 Å². The number of amides is 1. The second-order valence-electron chi connectivity index (χ2n) is 4.75. The predicted octanol–water partition coefficient (Wildman–Crippen LogP) is -0.473. The van der Waals surface area contributed by atoms with Crippen molar-refractivity contribution >= 4 is 17.8 Å². The van der Waals surface area contributed by atoms with Crippen molar-refractivity contribution in [1.29, 1.82) is 0 Å². The summed E-state index contributed by atoms with van der Waals surface area (Å²) in [5, 5.41) is 20.2. The zero-order chi connectivity index (χ0) is 14.3. The number of carbonyl (C=O) groups excluding carboxylic acids is 2. The Morgan fingerprint density at radius 1 is 1.28 bits per heavy atom. The van der Waals surface area contributed by atoms with Gasteiger partial charge in [0.15, 0.2) is 6.10 Å². The molecule has 1 amide bonds. The summed E-state index contributed by atoms with van der Waals surface area (Å²) in [5.74, 6) is -2.24. The Kier molecular flexibility index (Phi) is 6.32. The monoisotopic (exact) mass is 261 g/mol. The first-order chi connectivity index (χ1) is 8.18. The van der Waals surface area contributed by atoms with Crippen molar-refractivity contribution in [2.24, 2.45) is 5.41 Å². The van der Waals surface area contributed by atoms with Crippen LogP contribution >= 0.6 is 0 Å². The predicted molar refractivity (Wildman–Crippen MR) is 61.7 cm³/mol. The lowest BCUT2D eigenvalue weighted by molar-refractivity contribution is -0.150. The number of methoxy groups -OCH3 is 1. The molecule has 0 spiro atoms. The van der Waals surface area contributed by atoms with Crippen molar-refractivity contribution in [3.63, 3.8) is 0 Å². The number of carboxylic acids is 1. The molecule has 0 aliphatic carbocycles. The van der Waals surface area contributed by atoms with Gasteiger partial charge in [-0.3, -0.25) is 9.59 Å². The number of esters is 1. The van der Waals surface area contributed by atoms with Gasteiger partial charge in [-0.2, -0.15) is 0 Å². The summed E-state index contributed by atoms with van der Waals surface area (Å²) in [6.45, 7) is 3.05. The molecule has 0 bridgehead atoms. The van der Waals surface area contributed by atoms with E-state index < -0.39 is 29.4 Å². The number of hydrogen-bond acceptors (Lipinski definition) is 5. The van der Waals surface area contributed by atoms with Crippen molar-refractivity contribution < 1.29 is 29.3 Å². The molecule has 0 rings (SSSR count). The third-order valence-electron chi connectivity index (χ3n) is 2.23. The molecule has 7 heteroatoms. The largest absolute Gasteiger partial charge is 0.481 e. The zero-order valence-corrected chi connectivity index (χ0v) is 10.7. The zero-order valence-electron chi connectivity index (χ0n) is 10.7. The Morgan fingerprint density at radius 2 is 1.83 bits per heavy atom. The molecular formula is C11H19NO6. The van der Waals surface area contributed by atoms with Gasteiger partial charge in [-0.1, -0.05) is 13.8 Å². The Morgan fingerprint density at radius 3 is 2.28 bits per heavy atom. The van der Waals surface area contributed by atoms with E-state index in [0.29, 0.717) is 0 Å². The number of carbonyl (C=O) groups is 3. The molecule has 1 atom stereocenters. The van der Waals surface area contributed by atoms with Crippen LogP contribution in [0.1, 0.15) is 26.7 Å². The number of nitrogens with one attached hydrogen (secondary N) is 1. The van der Waals surface area contributed by atoms with Crippen LogP contribution in [0.25, 0.3) is 0 Å². The average molecular weight is 261 g/mol. The lowest BCUT2D eigenvalue weighted by Gasteiger charge is -2.21. The molecule has 0 aliphatic rings. The van der Waals surface area contributed by atoms with Crippen LogP contribution in [0.5, 0.6) is 0 Å². The van der Waals surface area contributed by atoms with Crippen molar-refractivity contribution in [2.45, 2.75) is 32.8 Å². The molecule has 0 aromatic carbocycles. The van der Waals surface area contributed by atoms with E-state index in [-0.39, 0.29) is 19.4 Å². The van der Waals surface area contributed by atoms with Crippen LogP contribution in [0, 0.1) is 5.41 Å². The number of rotatable bonds is 7. The molecule has 0 heterocycles. The van der Waals surface area contributed by atoms with Crippen LogP contribution in [-0.2, 0) is 19.1 Å². The number of carboxylic acid groups (broad SMARTS) is 1. The first-order valence-corrected chi connectivity index (χ1v) is 5.42. The molecule has 18 heavy (non-hydrogen) atoms. The van der Waals surface area contributed by atoms with Gasteiger partial charge in [0, 0.05) is 6.42 Å². The van der Waals surface area contributed by atoms with Crippen LogP contribution < -0.4 is 5.32 Å². The van der Waals surface area contributed by atoms with Gasteiger partial charge in [-0.15, -0.1) is 0 Å². The van der Waals surface area contributed by atoms with Crippen LogP contribution in [0.4, 0.5) is 0 Å². The first-order valence-electron chi connectivity index (χ1n) is 5.42. The highest BCUT2D eigenvalue weighted by Gasteiger charge is 2.26. The van der Waals surface area contributed by atoms with Crippen molar-refractivity contribution in [2.75, 3.05) is 13.7 Å². The molecule has 0 radical (unpaired) electrons. The summed E-state index contributed by atoms with van der Waals surface area (Å²) in [7, 11) is 1.13. The molecule has 3 N–H and O–H groups in total. The van der Waals surface area contributed by atoms with E-state index in [2.05, 4.69) is 10.1 Å². The molecule has 0 fully saturated rings. The normalized spacial score (nSPS) is 12.7. The van der Waals surface area contributed by atoms with E-state index in [1.165, 1.54) is 0 Å². The van der Waals surface area contributed by atoms with E-state index in [1.54, 1.807) is 13.8 Å². The smallest absolute Gasteiger partial charge is 0.336 e. The summed E-state index contributed by atoms with van der Waals surface area (Å²) < 4.78 is 4.28. The minimum atomic E-state index is -1.42. The van der Waals surface area contributed by atoms with E-state index >= 15 is 0 Å². The van der Waals surface area contributed by atoms with E-state index in [4.69, 9.17) is 5.11 Å². The lowest BCUT2D eigenvalue weighted by atomic mass is 9.85. The van der Waals surface area contributed by atoms with Gasteiger partial charge in [-0.25, -0.2) is 4.79 Å². The van der Waals surface area contributed by atoms with Crippen LogP contribution in [0.2, 0.25) is 0 Å². The molecule has 104 valence electrons. The summed E-state index contributed by atoms with van der Waals surface area (Å²) in [6, 6.07) is 0. The highest BCUT2D eigenvalue weighted by atomic mass is 16.5. The SMILES string of the molecule is COC(=O)C(O)CNC(=O)CC(C)(C)CC(=O)O. The van der Waals surface area contributed by atoms with Gasteiger partial charge in [0.25, 0.3) is 0 Å². The van der Waals surface area contributed by atoms with Crippen molar-refractivity contribution in [1.82, 2.24) is 5.32 Å². The minimum Gasteiger partial charge on any atom is -0.481 e. The number of aliphatic hydroxyl groups is 1. The lowest BCUT2D eigenvalue weighted by Crippen LogP contribution is -2.38. The highest BCUT2D eigenvalue weighted by molar-refractivity contribution is 5.79. The first kappa shape index (κ1) is 16.4. The summed E-state index contributed by atoms with van der Waals surface area (Å²) in [6.07, 6.45) is -1.56. The highest BCUT2D eigenvalue weighted by Crippen LogP contribution is 2.24. The molecule has 0 aromatic heterocycles. The molecular weight excluding hydrogens is 242 g/mol. The van der Waals surface area contributed by atoms with Gasteiger partial charge in [0.05, 0.1) is 20.1 Å². The maximum Gasteiger partial charge on any atom is 0.336 e.